The van der Waals surface area contributed by atoms with Crippen LogP contribution < -0.4 is 5.32 Å². The average Bonchev–Trinajstić information content (AvgIpc) is 2.95. The monoisotopic (exact) mass is 312 g/mol. The molecule has 0 spiro atoms. The zero-order valence-electron chi connectivity index (χ0n) is 12.3. The Morgan fingerprint density at radius 1 is 1.14 bits per heavy atom. The van der Waals surface area contributed by atoms with Gasteiger partial charge in [0.15, 0.2) is 0 Å². The van der Waals surface area contributed by atoms with Crippen LogP contribution in [-0.4, -0.2) is 14.5 Å². The zero-order chi connectivity index (χ0) is 15.4. The summed E-state index contributed by atoms with van der Waals surface area (Å²) >= 11 is 5.82. The summed E-state index contributed by atoms with van der Waals surface area (Å²) in [6.07, 6.45) is 6.40. The quantitative estimate of drug-likeness (QED) is 0.766. The van der Waals surface area contributed by atoms with Crippen molar-refractivity contribution in [1.82, 2.24) is 14.5 Å². The molecule has 0 saturated heterocycles. The normalized spacial score (nSPS) is 10.6. The highest BCUT2D eigenvalue weighted by Crippen LogP contribution is 2.15. The van der Waals surface area contributed by atoms with E-state index in [0.717, 1.165) is 24.6 Å². The third kappa shape index (κ3) is 3.86. The molecular formula is C17H17ClN4. The van der Waals surface area contributed by atoms with Crippen LogP contribution in [0.3, 0.4) is 0 Å². The molecule has 0 radical (unpaired) electrons. The summed E-state index contributed by atoms with van der Waals surface area (Å²) in [6.45, 7) is 3.01. The van der Waals surface area contributed by atoms with Gasteiger partial charge in [0.05, 0.1) is 11.3 Å². The molecule has 0 fully saturated rings. The Balaban J connectivity index is 1.60. The van der Waals surface area contributed by atoms with Crippen LogP contribution >= 0.6 is 11.6 Å². The Labute approximate surface area is 134 Å². The molecule has 1 aromatic carbocycles. The maximum absolute atomic E-state index is 5.82. The van der Waals surface area contributed by atoms with E-state index in [2.05, 4.69) is 51.0 Å². The molecule has 0 saturated carbocycles. The van der Waals surface area contributed by atoms with Crippen LogP contribution in [0, 0.1) is 6.92 Å². The molecule has 0 unspecified atom stereocenters. The van der Waals surface area contributed by atoms with Crippen LogP contribution in [-0.2, 0) is 13.0 Å². The van der Waals surface area contributed by atoms with Crippen molar-refractivity contribution >= 4 is 23.2 Å². The molecule has 112 valence electrons. The minimum absolute atomic E-state index is 0.620. The van der Waals surface area contributed by atoms with Gasteiger partial charge >= 0.3 is 0 Å². The number of benzene rings is 1. The van der Waals surface area contributed by atoms with Gasteiger partial charge in [0.1, 0.15) is 11.6 Å². The Morgan fingerprint density at radius 2 is 2.05 bits per heavy atom. The van der Waals surface area contributed by atoms with Crippen molar-refractivity contribution in [2.75, 3.05) is 5.32 Å². The first-order valence-corrected chi connectivity index (χ1v) is 7.53. The molecular weight excluding hydrogens is 296 g/mol. The maximum atomic E-state index is 5.82. The number of aromatic nitrogens is 3. The molecule has 0 amide bonds. The summed E-state index contributed by atoms with van der Waals surface area (Å²) in [4.78, 5) is 8.54. The second-order valence-corrected chi connectivity index (χ2v) is 5.66. The first-order valence-electron chi connectivity index (χ1n) is 7.15. The van der Waals surface area contributed by atoms with Gasteiger partial charge in [-0.05, 0) is 31.0 Å². The lowest BCUT2D eigenvalue weighted by Gasteiger charge is -2.04. The number of nitrogens with zero attached hydrogens (tertiary/aromatic N) is 3. The Morgan fingerprint density at radius 3 is 2.82 bits per heavy atom. The van der Waals surface area contributed by atoms with Crippen LogP contribution in [0.4, 0.5) is 11.6 Å². The summed E-state index contributed by atoms with van der Waals surface area (Å²) in [7, 11) is 0. The van der Waals surface area contributed by atoms with Crippen molar-refractivity contribution in [3.05, 3.63) is 71.3 Å². The van der Waals surface area contributed by atoms with E-state index in [1.54, 1.807) is 12.3 Å². The van der Waals surface area contributed by atoms with Gasteiger partial charge in [-0.15, -0.1) is 0 Å². The summed E-state index contributed by atoms with van der Waals surface area (Å²) < 4.78 is 2.07. The Hall–Kier alpha value is -2.33. The highest BCUT2D eigenvalue weighted by atomic mass is 35.5. The third-order valence-corrected chi connectivity index (χ3v) is 3.58. The van der Waals surface area contributed by atoms with Gasteiger partial charge in [0, 0.05) is 18.9 Å². The number of imidazole rings is 1. The highest BCUT2D eigenvalue weighted by molar-refractivity contribution is 6.30. The molecule has 0 atom stereocenters. The summed E-state index contributed by atoms with van der Waals surface area (Å²) in [5, 5.41) is 3.78. The molecule has 2 heterocycles. The first-order chi connectivity index (χ1) is 10.7. The lowest BCUT2D eigenvalue weighted by Crippen LogP contribution is -1.99. The molecule has 5 heteroatoms. The van der Waals surface area contributed by atoms with E-state index in [0.29, 0.717) is 5.02 Å². The predicted molar refractivity (Wildman–Crippen MR) is 89.6 cm³/mol. The van der Waals surface area contributed by atoms with Crippen LogP contribution in [0.15, 0.2) is 55.1 Å². The zero-order valence-corrected chi connectivity index (χ0v) is 13.1. The standard InChI is InChI=1S/C17H17ClN4/c1-13-3-2-4-14(9-13)7-8-22-11-17(20-12-22)21-16-6-5-15(18)10-19-16/h2-6,9-12H,7-8H2,1H3,(H,19,21). The maximum Gasteiger partial charge on any atom is 0.149 e. The van der Waals surface area contributed by atoms with Crippen LogP contribution in [0.25, 0.3) is 0 Å². The van der Waals surface area contributed by atoms with E-state index in [-0.39, 0.29) is 0 Å². The lowest BCUT2D eigenvalue weighted by atomic mass is 10.1. The number of hydrogen-bond donors (Lipinski definition) is 1. The largest absolute Gasteiger partial charge is 0.335 e. The summed E-state index contributed by atoms with van der Waals surface area (Å²) in [6, 6.07) is 12.2. The molecule has 2 aromatic heterocycles. The van der Waals surface area contributed by atoms with E-state index in [1.807, 2.05) is 18.6 Å². The fraction of sp³-hybridized carbons (Fsp3) is 0.176. The number of anilines is 2. The smallest absolute Gasteiger partial charge is 0.149 e. The van der Waals surface area contributed by atoms with Crippen LogP contribution in [0.1, 0.15) is 11.1 Å². The second kappa shape index (κ2) is 6.62. The fourth-order valence-corrected chi connectivity index (χ4v) is 2.37. The molecule has 0 aliphatic rings. The van der Waals surface area contributed by atoms with E-state index in [1.165, 1.54) is 11.1 Å². The third-order valence-electron chi connectivity index (χ3n) is 3.36. The van der Waals surface area contributed by atoms with Gasteiger partial charge in [-0.1, -0.05) is 41.4 Å². The summed E-state index contributed by atoms with van der Waals surface area (Å²) in [5.74, 6) is 1.51. The first kappa shape index (κ1) is 14.6. The molecule has 3 aromatic rings. The predicted octanol–water partition coefficient (Wildman–Crippen LogP) is 4.23. The number of aryl methyl sites for hydroxylation is 3. The molecule has 4 nitrogen and oxygen atoms in total. The molecule has 1 N–H and O–H groups in total. The van der Waals surface area contributed by atoms with E-state index in [4.69, 9.17) is 11.6 Å². The molecule has 0 aliphatic heterocycles. The number of halogens is 1. The van der Waals surface area contributed by atoms with E-state index in [9.17, 15) is 0 Å². The van der Waals surface area contributed by atoms with Gasteiger partial charge in [-0.2, -0.15) is 0 Å². The van der Waals surface area contributed by atoms with Crippen molar-refractivity contribution in [3.63, 3.8) is 0 Å². The van der Waals surface area contributed by atoms with Crippen molar-refractivity contribution < 1.29 is 0 Å². The average molecular weight is 313 g/mol. The van der Waals surface area contributed by atoms with Gasteiger partial charge in [0.25, 0.3) is 0 Å². The second-order valence-electron chi connectivity index (χ2n) is 5.22. The Kier molecular flexibility index (Phi) is 4.39. The molecule has 0 aliphatic carbocycles. The highest BCUT2D eigenvalue weighted by Gasteiger charge is 2.01. The molecule has 0 bridgehead atoms. The van der Waals surface area contributed by atoms with Crippen molar-refractivity contribution in [2.45, 2.75) is 19.9 Å². The minimum atomic E-state index is 0.620. The van der Waals surface area contributed by atoms with E-state index < -0.39 is 0 Å². The SMILES string of the molecule is Cc1cccc(CCn2cnc(Nc3ccc(Cl)cn3)c2)c1. The van der Waals surface area contributed by atoms with Crippen molar-refractivity contribution in [1.29, 1.82) is 0 Å². The summed E-state index contributed by atoms with van der Waals surface area (Å²) in [5.41, 5.74) is 2.63. The van der Waals surface area contributed by atoms with Crippen LogP contribution in [0.2, 0.25) is 5.02 Å². The van der Waals surface area contributed by atoms with Gasteiger partial charge in [-0.3, -0.25) is 0 Å². The van der Waals surface area contributed by atoms with Crippen LogP contribution in [0.5, 0.6) is 0 Å². The van der Waals surface area contributed by atoms with Gasteiger partial charge in [0.2, 0.25) is 0 Å². The van der Waals surface area contributed by atoms with Crippen molar-refractivity contribution in [2.24, 2.45) is 0 Å². The minimum Gasteiger partial charge on any atom is -0.335 e. The Bertz CT molecular complexity index is 749. The number of nitrogens with one attached hydrogen (secondary N) is 1. The van der Waals surface area contributed by atoms with Gasteiger partial charge in [-0.25, -0.2) is 9.97 Å². The van der Waals surface area contributed by atoms with Crippen molar-refractivity contribution in [3.8, 4) is 0 Å². The number of pyridine rings is 1. The fourth-order valence-electron chi connectivity index (χ4n) is 2.25. The molecule has 22 heavy (non-hydrogen) atoms. The lowest BCUT2D eigenvalue weighted by molar-refractivity contribution is 0.695. The molecule has 3 rings (SSSR count). The van der Waals surface area contributed by atoms with E-state index >= 15 is 0 Å². The number of rotatable bonds is 5. The topological polar surface area (TPSA) is 42.7 Å². The van der Waals surface area contributed by atoms with Gasteiger partial charge < -0.3 is 9.88 Å². The number of hydrogen-bond acceptors (Lipinski definition) is 3.